The van der Waals surface area contributed by atoms with Crippen molar-refractivity contribution >= 4 is 5.91 Å². The second kappa shape index (κ2) is 5.45. The molecular formula is C9H17N5O. The Morgan fingerprint density at radius 1 is 1.67 bits per heavy atom. The molecule has 0 aliphatic heterocycles. The number of nitrogens with one attached hydrogen (secondary N) is 2. The number of carbonyl (C=O) groups is 1. The van der Waals surface area contributed by atoms with Crippen LogP contribution < -0.4 is 11.1 Å². The average Bonchev–Trinajstić information content (AvgIpc) is 2.65. The Bertz CT molecular complexity index is 320. The molecular weight excluding hydrogens is 194 g/mol. The van der Waals surface area contributed by atoms with Gasteiger partial charge in [-0.3, -0.25) is 9.89 Å². The number of H-pyrrole nitrogens is 1. The number of hydrogen-bond acceptors (Lipinski definition) is 4. The molecule has 84 valence electrons. The molecule has 1 unspecified atom stereocenters. The molecule has 15 heavy (non-hydrogen) atoms. The zero-order chi connectivity index (χ0) is 11.3. The van der Waals surface area contributed by atoms with E-state index in [2.05, 4.69) is 20.5 Å². The van der Waals surface area contributed by atoms with Crippen LogP contribution in [0.4, 0.5) is 0 Å². The van der Waals surface area contributed by atoms with Gasteiger partial charge in [0.1, 0.15) is 5.82 Å². The van der Waals surface area contributed by atoms with Crippen molar-refractivity contribution in [2.45, 2.75) is 32.7 Å². The lowest BCUT2D eigenvalue weighted by Crippen LogP contribution is -2.29. The van der Waals surface area contributed by atoms with E-state index < -0.39 is 0 Å². The maximum Gasteiger partial charge on any atom is 0.290 e. The van der Waals surface area contributed by atoms with Crippen molar-refractivity contribution in [2.24, 2.45) is 5.73 Å². The Labute approximate surface area is 88.7 Å². The van der Waals surface area contributed by atoms with E-state index in [0.29, 0.717) is 12.4 Å². The van der Waals surface area contributed by atoms with E-state index in [-0.39, 0.29) is 17.8 Å². The molecule has 1 rings (SSSR count). The number of aromatic amines is 1. The first-order chi connectivity index (χ1) is 7.13. The summed E-state index contributed by atoms with van der Waals surface area (Å²) >= 11 is 0. The largest absolute Gasteiger partial charge is 0.349 e. The van der Waals surface area contributed by atoms with Gasteiger partial charge in [0.05, 0.1) is 0 Å². The van der Waals surface area contributed by atoms with Crippen molar-refractivity contribution in [3.63, 3.8) is 0 Å². The minimum Gasteiger partial charge on any atom is -0.349 e. The van der Waals surface area contributed by atoms with Crippen molar-refractivity contribution in [3.05, 3.63) is 11.6 Å². The molecule has 1 aromatic rings. The SMILES string of the molecule is CCc1nc(C(=O)NCCC(C)N)n[nH]1. The lowest BCUT2D eigenvalue weighted by atomic mass is 10.2. The third kappa shape index (κ3) is 3.67. The molecule has 0 radical (unpaired) electrons. The molecule has 0 bridgehead atoms. The average molecular weight is 211 g/mol. The summed E-state index contributed by atoms with van der Waals surface area (Å²) < 4.78 is 0. The fraction of sp³-hybridized carbons (Fsp3) is 0.667. The molecule has 1 aromatic heterocycles. The fourth-order valence-electron chi connectivity index (χ4n) is 1.05. The predicted octanol–water partition coefficient (Wildman–Crippen LogP) is -0.166. The van der Waals surface area contributed by atoms with Crippen LogP contribution in [0.25, 0.3) is 0 Å². The van der Waals surface area contributed by atoms with E-state index in [4.69, 9.17) is 5.73 Å². The third-order valence-corrected chi connectivity index (χ3v) is 1.95. The van der Waals surface area contributed by atoms with Gasteiger partial charge in [-0.1, -0.05) is 6.92 Å². The Kier molecular flexibility index (Phi) is 4.23. The molecule has 0 fully saturated rings. The maximum atomic E-state index is 11.5. The number of aryl methyl sites for hydroxylation is 1. The van der Waals surface area contributed by atoms with Gasteiger partial charge in [0.15, 0.2) is 0 Å². The normalized spacial score (nSPS) is 12.5. The topological polar surface area (TPSA) is 96.7 Å². The third-order valence-electron chi connectivity index (χ3n) is 1.95. The summed E-state index contributed by atoms with van der Waals surface area (Å²) in [5, 5.41) is 9.20. The van der Waals surface area contributed by atoms with E-state index >= 15 is 0 Å². The molecule has 1 atom stereocenters. The van der Waals surface area contributed by atoms with Crippen LogP contribution in [0.1, 0.15) is 36.7 Å². The number of nitrogens with two attached hydrogens (primary N) is 1. The van der Waals surface area contributed by atoms with E-state index in [1.54, 1.807) is 0 Å². The Hall–Kier alpha value is -1.43. The maximum absolute atomic E-state index is 11.5. The van der Waals surface area contributed by atoms with E-state index in [1.165, 1.54) is 0 Å². The summed E-state index contributed by atoms with van der Waals surface area (Å²) in [6.07, 6.45) is 1.48. The van der Waals surface area contributed by atoms with Gasteiger partial charge in [0.25, 0.3) is 5.91 Å². The molecule has 1 heterocycles. The van der Waals surface area contributed by atoms with Crippen LogP contribution >= 0.6 is 0 Å². The van der Waals surface area contributed by atoms with Gasteiger partial charge < -0.3 is 11.1 Å². The lowest BCUT2D eigenvalue weighted by molar-refractivity contribution is 0.0943. The van der Waals surface area contributed by atoms with E-state index in [1.807, 2.05) is 13.8 Å². The fourth-order valence-corrected chi connectivity index (χ4v) is 1.05. The molecule has 0 saturated carbocycles. The second-order valence-electron chi connectivity index (χ2n) is 3.48. The Morgan fingerprint density at radius 3 is 2.93 bits per heavy atom. The first-order valence-electron chi connectivity index (χ1n) is 5.08. The molecule has 0 aromatic carbocycles. The van der Waals surface area contributed by atoms with Crippen molar-refractivity contribution in [2.75, 3.05) is 6.54 Å². The second-order valence-corrected chi connectivity index (χ2v) is 3.48. The number of aromatic nitrogens is 3. The smallest absolute Gasteiger partial charge is 0.290 e. The van der Waals surface area contributed by atoms with E-state index in [0.717, 1.165) is 12.8 Å². The van der Waals surface area contributed by atoms with Crippen molar-refractivity contribution in [1.82, 2.24) is 20.5 Å². The van der Waals surface area contributed by atoms with Crippen LogP contribution in [-0.2, 0) is 6.42 Å². The predicted molar refractivity (Wildman–Crippen MR) is 56.4 cm³/mol. The molecule has 0 saturated heterocycles. The quantitative estimate of drug-likeness (QED) is 0.630. The van der Waals surface area contributed by atoms with Gasteiger partial charge in [-0.25, -0.2) is 4.98 Å². The van der Waals surface area contributed by atoms with Crippen molar-refractivity contribution < 1.29 is 4.79 Å². The zero-order valence-electron chi connectivity index (χ0n) is 9.08. The highest BCUT2D eigenvalue weighted by Crippen LogP contribution is 1.93. The first-order valence-corrected chi connectivity index (χ1v) is 5.08. The summed E-state index contributed by atoms with van der Waals surface area (Å²) in [6, 6.07) is 0.0867. The zero-order valence-corrected chi connectivity index (χ0v) is 9.08. The molecule has 0 aliphatic rings. The molecule has 4 N–H and O–H groups in total. The summed E-state index contributed by atoms with van der Waals surface area (Å²) in [4.78, 5) is 15.5. The van der Waals surface area contributed by atoms with Crippen LogP contribution in [-0.4, -0.2) is 33.7 Å². The minimum absolute atomic E-state index is 0.0867. The monoisotopic (exact) mass is 211 g/mol. The van der Waals surface area contributed by atoms with Crippen LogP contribution in [0.3, 0.4) is 0 Å². The van der Waals surface area contributed by atoms with Crippen LogP contribution in [0.2, 0.25) is 0 Å². The summed E-state index contributed by atoms with van der Waals surface area (Å²) in [6.45, 7) is 4.39. The Morgan fingerprint density at radius 2 is 2.40 bits per heavy atom. The number of amides is 1. The summed E-state index contributed by atoms with van der Waals surface area (Å²) in [5.41, 5.74) is 5.55. The number of nitrogens with zero attached hydrogens (tertiary/aromatic N) is 2. The van der Waals surface area contributed by atoms with Gasteiger partial charge in [0.2, 0.25) is 5.82 Å². The molecule has 0 spiro atoms. The van der Waals surface area contributed by atoms with Gasteiger partial charge in [0, 0.05) is 19.0 Å². The summed E-state index contributed by atoms with van der Waals surface area (Å²) in [7, 11) is 0. The highest BCUT2D eigenvalue weighted by Gasteiger charge is 2.10. The highest BCUT2D eigenvalue weighted by molar-refractivity contribution is 5.90. The molecule has 0 aliphatic carbocycles. The molecule has 1 amide bonds. The van der Waals surface area contributed by atoms with E-state index in [9.17, 15) is 4.79 Å². The highest BCUT2D eigenvalue weighted by atomic mass is 16.2. The van der Waals surface area contributed by atoms with Gasteiger partial charge in [-0.2, -0.15) is 0 Å². The molecule has 6 heteroatoms. The summed E-state index contributed by atoms with van der Waals surface area (Å²) in [5.74, 6) is 0.649. The van der Waals surface area contributed by atoms with Crippen LogP contribution in [0.15, 0.2) is 0 Å². The molecule has 6 nitrogen and oxygen atoms in total. The minimum atomic E-state index is -0.258. The van der Waals surface area contributed by atoms with Gasteiger partial charge >= 0.3 is 0 Å². The van der Waals surface area contributed by atoms with Crippen molar-refractivity contribution in [3.8, 4) is 0 Å². The number of rotatable bonds is 5. The van der Waals surface area contributed by atoms with Crippen LogP contribution in [0.5, 0.6) is 0 Å². The lowest BCUT2D eigenvalue weighted by Gasteiger charge is -2.04. The number of hydrogen-bond donors (Lipinski definition) is 3. The number of carbonyl (C=O) groups excluding carboxylic acids is 1. The van der Waals surface area contributed by atoms with Crippen molar-refractivity contribution in [1.29, 1.82) is 0 Å². The standard InChI is InChI=1S/C9H17N5O/c1-3-7-12-8(14-13-7)9(15)11-5-4-6(2)10/h6H,3-5,10H2,1-2H3,(H,11,15)(H,12,13,14). The first kappa shape index (κ1) is 11.6. The van der Waals surface area contributed by atoms with Gasteiger partial charge in [-0.15, -0.1) is 5.10 Å². The Balaban J connectivity index is 2.40. The van der Waals surface area contributed by atoms with Crippen LogP contribution in [0, 0.1) is 0 Å². The van der Waals surface area contributed by atoms with Gasteiger partial charge in [-0.05, 0) is 13.3 Å².